The summed E-state index contributed by atoms with van der Waals surface area (Å²) in [4.78, 5) is 67.1. The average molecular weight is 708 g/mol. The average Bonchev–Trinajstić information content (AvgIpc) is 3.75. The van der Waals surface area contributed by atoms with Crippen LogP contribution in [-0.2, 0) is 33.4 Å². The van der Waals surface area contributed by atoms with Gasteiger partial charge in [-0.05, 0) is 65.2 Å². The van der Waals surface area contributed by atoms with E-state index in [4.69, 9.17) is 14.2 Å². The number of Topliss-reactive ketones (excluding diaryl/α,β-unsaturated/α-hetero) is 2. The second kappa shape index (κ2) is 14.1. The third-order valence-corrected chi connectivity index (χ3v) is 11.5. The number of thiophene rings is 1. The summed E-state index contributed by atoms with van der Waals surface area (Å²) in [7, 11) is 0. The molecule has 9 atom stereocenters. The van der Waals surface area contributed by atoms with Crippen molar-refractivity contribution in [2.24, 2.45) is 23.2 Å². The van der Waals surface area contributed by atoms with Crippen LogP contribution in [0.3, 0.4) is 0 Å². The van der Waals surface area contributed by atoms with Gasteiger partial charge in [0.1, 0.15) is 30.6 Å². The molecule has 0 N–H and O–H groups in total. The Morgan fingerprint density at radius 3 is 2.42 bits per heavy atom. The number of ether oxygens (including phenoxy) is 3. The molecule has 0 saturated carbocycles. The largest absolute Gasteiger partial charge is 0.459 e. The van der Waals surface area contributed by atoms with Crippen molar-refractivity contribution >= 4 is 34.8 Å². The molecule has 3 aliphatic heterocycles. The van der Waals surface area contributed by atoms with Gasteiger partial charge < -0.3 is 14.2 Å². The number of ketones is 2. The molecular formula is C38H46FN3O7S. The third kappa shape index (κ3) is 7.05. The van der Waals surface area contributed by atoms with Crippen molar-refractivity contribution in [3.63, 3.8) is 0 Å². The van der Waals surface area contributed by atoms with E-state index in [0.717, 1.165) is 16.7 Å². The van der Waals surface area contributed by atoms with Crippen molar-refractivity contribution in [2.45, 2.75) is 96.7 Å². The van der Waals surface area contributed by atoms with Gasteiger partial charge in [0.2, 0.25) is 0 Å². The molecule has 0 amide bonds. The molecular weight excluding hydrogens is 661 g/mol. The van der Waals surface area contributed by atoms with Crippen LogP contribution in [0.5, 0.6) is 0 Å². The molecule has 268 valence electrons. The van der Waals surface area contributed by atoms with Crippen LogP contribution in [0.4, 0.5) is 4.39 Å². The van der Waals surface area contributed by atoms with Crippen molar-refractivity contribution in [3.8, 4) is 22.5 Å². The van der Waals surface area contributed by atoms with Gasteiger partial charge >= 0.3 is 11.9 Å². The molecule has 3 fully saturated rings. The fourth-order valence-electron chi connectivity index (χ4n) is 8.34. The zero-order valence-corrected chi connectivity index (χ0v) is 30.6. The summed E-state index contributed by atoms with van der Waals surface area (Å²) in [5.41, 5.74) is -6.62. The first-order valence-electron chi connectivity index (χ1n) is 17.0. The maximum absolute atomic E-state index is 16.1. The minimum Gasteiger partial charge on any atom is -0.459 e. The van der Waals surface area contributed by atoms with Gasteiger partial charge in [0, 0.05) is 48.1 Å². The molecule has 3 aliphatic rings. The Hall–Kier alpha value is -3.79. The Balaban J connectivity index is 1.47. The van der Waals surface area contributed by atoms with E-state index in [1.165, 1.54) is 18.3 Å². The lowest BCUT2D eigenvalue weighted by Crippen LogP contribution is -2.53. The van der Waals surface area contributed by atoms with Gasteiger partial charge in [-0.15, -0.1) is 17.9 Å². The zero-order valence-electron chi connectivity index (χ0n) is 29.8. The molecule has 3 saturated heterocycles. The first kappa shape index (κ1) is 37.5. The van der Waals surface area contributed by atoms with Crippen LogP contribution < -0.4 is 0 Å². The summed E-state index contributed by atoms with van der Waals surface area (Å²) in [6, 6.07) is 4.59. The minimum absolute atomic E-state index is 0.0248. The maximum atomic E-state index is 16.1. The Morgan fingerprint density at radius 2 is 1.76 bits per heavy atom. The predicted molar refractivity (Wildman–Crippen MR) is 185 cm³/mol. The number of hydrogen-bond donors (Lipinski definition) is 0. The van der Waals surface area contributed by atoms with E-state index in [1.54, 1.807) is 38.4 Å². The van der Waals surface area contributed by atoms with Crippen LogP contribution in [-0.4, -0.2) is 87.1 Å². The highest BCUT2D eigenvalue weighted by atomic mass is 32.1. The Bertz CT molecular complexity index is 1720. The Morgan fingerprint density at radius 1 is 1.10 bits per heavy atom. The standard InChI is InChI=1S/C38H46FN3O7S/c1-9-12-25(4)42-21-36(6)29-28(42)33(45)49-37(29,7)22-47-34(46)38(8,39)31(44)24(3)20-35(5,19-23(2)30(36)43)48-18-10-13-26-14-15-27(50-26)32-40-16-11-17-41-32/h9,11,14-17,23-25,28-29H,1,12,18-22H2,2-8H3/t23-,24-,25?,28-,29?,35-,36-,37-,38-/m1/s1. The molecule has 50 heavy (non-hydrogen) atoms. The van der Waals surface area contributed by atoms with Gasteiger partial charge in [-0.2, -0.15) is 0 Å². The van der Waals surface area contributed by atoms with Gasteiger partial charge in [0.15, 0.2) is 11.6 Å². The number of hydrogen-bond acceptors (Lipinski definition) is 11. The van der Waals surface area contributed by atoms with Crippen LogP contribution in [0.2, 0.25) is 0 Å². The lowest BCUT2D eigenvalue weighted by Gasteiger charge is -2.41. The number of aromatic nitrogens is 2. The molecule has 5 heterocycles. The van der Waals surface area contributed by atoms with Crippen LogP contribution in [0.25, 0.3) is 10.7 Å². The molecule has 0 aromatic carbocycles. The SMILES string of the molecule is C=CCC(C)N1C[C@@]2(C)C(=O)[C@H](C)C[C@@](C)(OCC#Cc3ccc(-c4ncccn4)s3)C[C@@H](C)C(=O)[C@@](C)(F)C(=O)OC[C@@]3(C)OC(=O)[C@H]1C32. The van der Waals surface area contributed by atoms with E-state index < -0.39 is 70.4 Å². The fraction of sp³-hybridized carbons (Fsp3) is 0.579. The van der Waals surface area contributed by atoms with E-state index in [1.807, 2.05) is 37.8 Å². The van der Waals surface area contributed by atoms with Crippen LogP contribution in [0.15, 0.2) is 43.2 Å². The molecule has 2 unspecified atom stereocenters. The monoisotopic (exact) mass is 707 g/mol. The van der Waals surface area contributed by atoms with Crippen molar-refractivity contribution in [2.75, 3.05) is 19.8 Å². The molecule has 2 aromatic rings. The first-order chi connectivity index (χ1) is 23.5. The summed E-state index contributed by atoms with van der Waals surface area (Å²) < 4.78 is 33.8. The summed E-state index contributed by atoms with van der Waals surface area (Å²) in [6.07, 6.45) is 5.89. The molecule has 0 radical (unpaired) electrons. The number of carbonyl (C=O) groups excluding carboxylic acids is 4. The van der Waals surface area contributed by atoms with Gasteiger partial charge in [0.05, 0.1) is 15.4 Å². The lowest BCUT2D eigenvalue weighted by molar-refractivity contribution is -0.178. The molecule has 0 bridgehead atoms. The highest BCUT2D eigenvalue weighted by Gasteiger charge is 2.69. The van der Waals surface area contributed by atoms with Crippen molar-refractivity contribution in [3.05, 3.63) is 48.1 Å². The quantitative estimate of drug-likeness (QED) is 0.167. The van der Waals surface area contributed by atoms with Crippen molar-refractivity contribution in [1.82, 2.24) is 14.9 Å². The number of rotatable bonds is 6. The zero-order chi connectivity index (χ0) is 36.6. The normalized spacial score (nSPS) is 35.7. The third-order valence-electron chi connectivity index (χ3n) is 10.5. The van der Waals surface area contributed by atoms with Crippen LogP contribution in [0.1, 0.15) is 72.6 Å². The minimum atomic E-state index is -2.97. The van der Waals surface area contributed by atoms with Gasteiger partial charge in [-0.25, -0.2) is 19.2 Å². The van der Waals surface area contributed by atoms with Gasteiger partial charge in [-0.1, -0.05) is 38.7 Å². The van der Waals surface area contributed by atoms with Crippen molar-refractivity contribution in [1.29, 1.82) is 0 Å². The van der Waals surface area contributed by atoms with Crippen molar-refractivity contribution < 1.29 is 37.8 Å². The second-order valence-corrected chi connectivity index (χ2v) is 16.0. The molecule has 0 aliphatic carbocycles. The van der Waals surface area contributed by atoms with Gasteiger partial charge in [-0.3, -0.25) is 19.3 Å². The highest BCUT2D eigenvalue weighted by molar-refractivity contribution is 7.15. The predicted octanol–water partition coefficient (Wildman–Crippen LogP) is 5.39. The van der Waals surface area contributed by atoms with Crippen LogP contribution >= 0.6 is 11.3 Å². The molecule has 12 heteroatoms. The maximum Gasteiger partial charge on any atom is 0.351 e. The van der Waals surface area contributed by atoms with E-state index >= 15 is 4.39 Å². The first-order valence-corrected chi connectivity index (χ1v) is 17.8. The highest BCUT2D eigenvalue weighted by Crippen LogP contribution is 2.55. The molecule has 10 nitrogen and oxygen atoms in total. The van der Waals surface area contributed by atoms with E-state index in [-0.39, 0.29) is 37.8 Å². The molecule has 2 aromatic heterocycles. The summed E-state index contributed by atoms with van der Waals surface area (Å²) in [5.74, 6) is 1.49. The van der Waals surface area contributed by atoms with E-state index in [0.29, 0.717) is 12.2 Å². The van der Waals surface area contributed by atoms with Gasteiger partial charge in [0.25, 0.3) is 5.67 Å². The number of esters is 2. The lowest BCUT2D eigenvalue weighted by atomic mass is 9.64. The van der Waals surface area contributed by atoms with Crippen LogP contribution in [0, 0.1) is 35.0 Å². The number of alkyl halides is 1. The Kier molecular flexibility index (Phi) is 10.6. The topological polar surface area (TPSA) is 125 Å². The number of likely N-dealkylation sites (tertiary alicyclic amines) is 1. The number of cyclic esters (lactones) is 1. The number of halogens is 1. The second-order valence-electron chi connectivity index (χ2n) is 14.9. The Labute approximate surface area is 297 Å². The van der Waals surface area contributed by atoms with E-state index in [9.17, 15) is 19.2 Å². The van der Waals surface area contributed by atoms with E-state index in [2.05, 4.69) is 28.4 Å². The molecule has 5 rings (SSSR count). The fourth-order valence-corrected chi connectivity index (χ4v) is 9.17. The number of nitrogens with zero attached hydrogens (tertiary/aromatic N) is 3. The summed E-state index contributed by atoms with van der Waals surface area (Å²) >= 11 is 1.44. The smallest absolute Gasteiger partial charge is 0.351 e. The summed E-state index contributed by atoms with van der Waals surface area (Å²) in [6.45, 7) is 15.0. The molecule has 0 spiro atoms. The summed E-state index contributed by atoms with van der Waals surface area (Å²) in [5, 5.41) is 0. The number of carbonyl (C=O) groups is 4.